The topological polar surface area (TPSA) is 71.3 Å². The Labute approximate surface area is 126 Å². The summed E-state index contributed by atoms with van der Waals surface area (Å²) in [5.74, 6) is 1.63. The van der Waals surface area contributed by atoms with Gasteiger partial charge in [-0.05, 0) is 25.3 Å². The predicted octanol–water partition coefficient (Wildman–Crippen LogP) is 3.68. The number of nitro groups is 1. The van der Waals surface area contributed by atoms with E-state index in [1.54, 1.807) is 12.1 Å². The van der Waals surface area contributed by atoms with E-state index in [9.17, 15) is 10.1 Å². The lowest BCUT2D eigenvalue weighted by Gasteiger charge is -2.25. The summed E-state index contributed by atoms with van der Waals surface area (Å²) in [5, 5.41) is 14.4. The van der Waals surface area contributed by atoms with E-state index in [1.807, 2.05) is 11.8 Å². The summed E-state index contributed by atoms with van der Waals surface area (Å²) < 4.78 is 0. The molecule has 118 valence electrons. The zero-order valence-electron chi connectivity index (χ0n) is 13.4. The molecule has 1 aromatic heterocycles. The Bertz CT molecular complexity index is 465. The second kappa shape index (κ2) is 8.44. The molecule has 1 atom stereocenters. The summed E-state index contributed by atoms with van der Waals surface area (Å²) >= 11 is 0. The van der Waals surface area contributed by atoms with E-state index in [0.717, 1.165) is 25.9 Å². The van der Waals surface area contributed by atoms with Crippen LogP contribution >= 0.6 is 0 Å². The zero-order chi connectivity index (χ0) is 15.8. The van der Waals surface area contributed by atoms with Crippen LogP contribution in [0, 0.1) is 16.0 Å². The third kappa shape index (κ3) is 4.88. The lowest BCUT2D eigenvalue weighted by atomic mass is 10.1. The second-order valence-corrected chi connectivity index (χ2v) is 5.28. The third-order valence-electron chi connectivity index (χ3n) is 3.52. The van der Waals surface area contributed by atoms with Crippen LogP contribution in [-0.2, 0) is 0 Å². The van der Waals surface area contributed by atoms with E-state index in [0.29, 0.717) is 24.1 Å². The van der Waals surface area contributed by atoms with E-state index in [1.165, 1.54) is 0 Å². The van der Waals surface area contributed by atoms with Gasteiger partial charge in [0.25, 0.3) is 0 Å². The van der Waals surface area contributed by atoms with Crippen LogP contribution in [0.1, 0.15) is 40.5 Å². The van der Waals surface area contributed by atoms with Gasteiger partial charge in [-0.25, -0.2) is 4.98 Å². The molecule has 0 aliphatic heterocycles. The molecular weight excluding hydrogens is 268 g/mol. The predicted molar refractivity (Wildman–Crippen MR) is 87.0 cm³/mol. The van der Waals surface area contributed by atoms with Gasteiger partial charge in [-0.2, -0.15) is 0 Å². The molecule has 1 heterocycles. The number of nitrogens with one attached hydrogen (secondary N) is 1. The molecule has 1 rings (SSSR count). The average molecular weight is 294 g/mol. The average Bonchev–Trinajstić information content (AvgIpc) is 2.49. The maximum atomic E-state index is 11.2. The largest absolute Gasteiger partial charge is 0.370 e. The molecule has 0 aromatic carbocycles. The molecule has 1 aromatic rings. The maximum absolute atomic E-state index is 11.2. The summed E-state index contributed by atoms with van der Waals surface area (Å²) in [5.41, 5.74) is 0.0715. The Kier molecular flexibility index (Phi) is 6.91. The van der Waals surface area contributed by atoms with Crippen molar-refractivity contribution in [3.8, 4) is 0 Å². The molecule has 6 heteroatoms. The van der Waals surface area contributed by atoms with Gasteiger partial charge in [0.1, 0.15) is 5.82 Å². The Morgan fingerprint density at radius 3 is 2.62 bits per heavy atom. The van der Waals surface area contributed by atoms with Gasteiger partial charge >= 0.3 is 5.69 Å². The molecule has 0 saturated carbocycles. The van der Waals surface area contributed by atoms with Crippen molar-refractivity contribution in [2.24, 2.45) is 5.92 Å². The van der Waals surface area contributed by atoms with Gasteiger partial charge in [-0.1, -0.05) is 27.2 Å². The van der Waals surface area contributed by atoms with Crippen LogP contribution in [-0.4, -0.2) is 29.5 Å². The van der Waals surface area contributed by atoms with Crippen LogP contribution in [0.25, 0.3) is 0 Å². The SMILES string of the molecule is CCCNc1ccc([N+](=O)[O-])c(N(CC)CC(C)CC)n1. The Morgan fingerprint density at radius 2 is 2.10 bits per heavy atom. The Morgan fingerprint density at radius 1 is 1.38 bits per heavy atom. The first-order valence-corrected chi connectivity index (χ1v) is 7.67. The molecular formula is C15H26N4O2. The van der Waals surface area contributed by atoms with Crippen LogP contribution in [0.15, 0.2) is 12.1 Å². The normalized spacial score (nSPS) is 12.0. The lowest BCUT2D eigenvalue weighted by Crippen LogP contribution is -2.29. The second-order valence-electron chi connectivity index (χ2n) is 5.28. The summed E-state index contributed by atoms with van der Waals surface area (Å²) in [7, 11) is 0. The molecule has 0 aliphatic carbocycles. The molecule has 0 aliphatic rings. The number of aromatic nitrogens is 1. The van der Waals surface area contributed by atoms with Gasteiger partial charge in [0.2, 0.25) is 5.82 Å². The van der Waals surface area contributed by atoms with Crippen molar-refractivity contribution in [3.63, 3.8) is 0 Å². The monoisotopic (exact) mass is 294 g/mol. The molecule has 0 spiro atoms. The van der Waals surface area contributed by atoms with E-state index < -0.39 is 0 Å². The van der Waals surface area contributed by atoms with Crippen molar-refractivity contribution in [3.05, 3.63) is 22.2 Å². The van der Waals surface area contributed by atoms with Crippen LogP contribution < -0.4 is 10.2 Å². The number of hydrogen-bond acceptors (Lipinski definition) is 5. The van der Waals surface area contributed by atoms with Gasteiger partial charge in [0, 0.05) is 25.7 Å². The van der Waals surface area contributed by atoms with Gasteiger partial charge in [-0.3, -0.25) is 10.1 Å². The van der Waals surface area contributed by atoms with E-state index in [4.69, 9.17) is 0 Å². The Hall–Kier alpha value is -1.85. The fraction of sp³-hybridized carbons (Fsp3) is 0.667. The van der Waals surface area contributed by atoms with Crippen LogP contribution in [0.5, 0.6) is 0 Å². The van der Waals surface area contributed by atoms with Crippen molar-refractivity contribution in [2.45, 2.75) is 40.5 Å². The molecule has 1 unspecified atom stereocenters. The van der Waals surface area contributed by atoms with Crippen molar-refractivity contribution in [2.75, 3.05) is 29.9 Å². The number of pyridine rings is 1. The summed E-state index contributed by atoms with van der Waals surface area (Å²) in [6.45, 7) is 10.6. The van der Waals surface area contributed by atoms with E-state index in [-0.39, 0.29) is 10.6 Å². The van der Waals surface area contributed by atoms with Gasteiger partial charge in [0.05, 0.1) is 4.92 Å². The molecule has 6 nitrogen and oxygen atoms in total. The number of hydrogen-bond donors (Lipinski definition) is 1. The fourth-order valence-corrected chi connectivity index (χ4v) is 2.04. The van der Waals surface area contributed by atoms with Crippen LogP contribution in [0.2, 0.25) is 0 Å². The molecule has 0 bridgehead atoms. The van der Waals surface area contributed by atoms with Crippen molar-refractivity contribution in [1.82, 2.24) is 4.98 Å². The zero-order valence-corrected chi connectivity index (χ0v) is 13.4. The molecule has 21 heavy (non-hydrogen) atoms. The summed E-state index contributed by atoms with van der Waals surface area (Å²) in [6, 6.07) is 3.22. The summed E-state index contributed by atoms with van der Waals surface area (Å²) in [4.78, 5) is 17.3. The van der Waals surface area contributed by atoms with Gasteiger partial charge in [0.15, 0.2) is 0 Å². The minimum Gasteiger partial charge on any atom is -0.370 e. The minimum absolute atomic E-state index is 0.0715. The molecule has 0 fully saturated rings. The van der Waals surface area contributed by atoms with Crippen molar-refractivity contribution >= 4 is 17.3 Å². The van der Waals surface area contributed by atoms with E-state index >= 15 is 0 Å². The molecule has 0 radical (unpaired) electrons. The lowest BCUT2D eigenvalue weighted by molar-refractivity contribution is -0.384. The van der Waals surface area contributed by atoms with Crippen LogP contribution in [0.3, 0.4) is 0 Å². The maximum Gasteiger partial charge on any atom is 0.311 e. The number of rotatable bonds is 9. The highest BCUT2D eigenvalue weighted by Gasteiger charge is 2.22. The number of anilines is 2. The van der Waals surface area contributed by atoms with Gasteiger partial charge < -0.3 is 10.2 Å². The summed E-state index contributed by atoms with van der Waals surface area (Å²) in [6.07, 6.45) is 2.02. The smallest absolute Gasteiger partial charge is 0.311 e. The number of nitrogens with zero attached hydrogens (tertiary/aromatic N) is 3. The first kappa shape index (κ1) is 17.2. The highest BCUT2D eigenvalue weighted by atomic mass is 16.6. The van der Waals surface area contributed by atoms with E-state index in [2.05, 4.69) is 31.1 Å². The Balaban J connectivity index is 3.10. The molecule has 0 saturated heterocycles. The van der Waals surface area contributed by atoms with Crippen LogP contribution in [0.4, 0.5) is 17.3 Å². The fourth-order valence-electron chi connectivity index (χ4n) is 2.04. The van der Waals surface area contributed by atoms with Gasteiger partial charge in [-0.15, -0.1) is 0 Å². The highest BCUT2D eigenvalue weighted by Crippen LogP contribution is 2.28. The first-order chi connectivity index (χ1) is 10.0. The highest BCUT2D eigenvalue weighted by molar-refractivity contribution is 5.61. The van der Waals surface area contributed by atoms with Crippen molar-refractivity contribution < 1.29 is 4.92 Å². The van der Waals surface area contributed by atoms with Crippen molar-refractivity contribution in [1.29, 1.82) is 0 Å². The quantitative estimate of drug-likeness (QED) is 0.555. The molecule has 1 N–H and O–H groups in total. The standard InChI is InChI=1S/C15H26N4O2/c1-5-10-16-14-9-8-13(19(20)21)15(17-14)18(7-3)11-12(4)6-2/h8-9,12H,5-7,10-11H2,1-4H3,(H,16,17). The molecule has 0 amide bonds. The third-order valence-corrected chi connectivity index (χ3v) is 3.52. The minimum atomic E-state index is -0.356. The first-order valence-electron chi connectivity index (χ1n) is 7.67.